The molecule has 0 fully saturated rings. The van der Waals surface area contributed by atoms with Gasteiger partial charge in [-0.25, -0.2) is 0 Å². The molecule has 0 aliphatic heterocycles. The van der Waals surface area contributed by atoms with Crippen molar-refractivity contribution in [1.29, 1.82) is 0 Å². The van der Waals surface area contributed by atoms with Crippen LogP contribution in [0.5, 0.6) is 0 Å². The number of benzene rings is 2. The van der Waals surface area contributed by atoms with Gasteiger partial charge in [-0.3, -0.25) is 9.59 Å². The zero-order chi connectivity index (χ0) is 15.9. The Kier molecular flexibility index (Phi) is 5.72. The summed E-state index contributed by atoms with van der Waals surface area (Å²) >= 11 is 3.39. The molecule has 0 aliphatic carbocycles. The third kappa shape index (κ3) is 4.70. The van der Waals surface area contributed by atoms with Crippen molar-refractivity contribution in [3.05, 3.63) is 58.6 Å². The molecule has 0 unspecified atom stereocenters. The highest BCUT2D eigenvalue weighted by molar-refractivity contribution is 9.10. The number of amides is 1. The van der Waals surface area contributed by atoms with E-state index >= 15 is 0 Å². The molecule has 0 bridgehead atoms. The Bertz CT molecular complexity index is 686. The van der Waals surface area contributed by atoms with Gasteiger partial charge in [0.25, 0.3) is 0 Å². The van der Waals surface area contributed by atoms with Crippen LogP contribution in [-0.2, 0) is 4.79 Å². The smallest absolute Gasteiger partial charge is 0.226 e. The fourth-order valence-electron chi connectivity index (χ4n) is 1.94. The normalized spacial score (nSPS) is 10.1. The summed E-state index contributed by atoms with van der Waals surface area (Å²) in [5.41, 5.74) is 2.25. The van der Waals surface area contributed by atoms with Gasteiger partial charge in [0.1, 0.15) is 0 Å². The van der Waals surface area contributed by atoms with E-state index in [4.69, 9.17) is 0 Å². The molecular formula is C17H17BrN2O2. The predicted molar refractivity (Wildman–Crippen MR) is 92.3 cm³/mol. The maximum absolute atomic E-state index is 11.9. The number of carbonyl (C=O) groups excluding carboxylic acids is 2. The van der Waals surface area contributed by atoms with E-state index in [1.165, 1.54) is 6.92 Å². The Morgan fingerprint density at radius 2 is 1.86 bits per heavy atom. The molecule has 0 spiro atoms. The summed E-state index contributed by atoms with van der Waals surface area (Å²) in [6.07, 6.45) is 0.339. The highest BCUT2D eigenvalue weighted by atomic mass is 79.9. The van der Waals surface area contributed by atoms with Crippen LogP contribution >= 0.6 is 15.9 Å². The van der Waals surface area contributed by atoms with E-state index in [2.05, 4.69) is 26.6 Å². The van der Waals surface area contributed by atoms with Gasteiger partial charge in [-0.15, -0.1) is 0 Å². The van der Waals surface area contributed by atoms with Crippen LogP contribution in [0.1, 0.15) is 23.7 Å². The summed E-state index contributed by atoms with van der Waals surface area (Å²) < 4.78 is 0.852. The fraction of sp³-hybridized carbons (Fsp3) is 0.176. The first-order valence-electron chi connectivity index (χ1n) is 6.95. The summed E-state index contributed by atoms with van der Waals surface area (Å²) in [5.74, 6) is -0.0440. The van der Waals surface area contributed by atoms with Crippen LogP contribution in [0.3, 0.4) is 0 Å². The minimum absolute atomic E-state index is 0.0234. The van der Waals surface area contributed by atoms with Gasteiger partial charge in [-0.1, -0.05) is 24.3 Å². The number of rotatable bonds is 6. The van der Waals surface area contributed by atoms with Crippen molar-refractivity contribution in [3.8, 4) is 0 Å². The minimum atomic E-state index is -0.0675. The first-order chi connectivity index (χ1) is 10.6. The Balaban J connectivity index is 1.83. The van der Waals surface area contributed by atoms with Crippen LogP contribution < -0.4 is 10.6 Å². The summed E-state index contributed by atoms with van der Waals surface area (Å²) in [4.78, 5) is 23.2. The van der Waals surface area contributed by atoms with Crippen LogP contribution in [0, 0.1) is 0 Å². The number of nitrogens with one attached hydrogen (secondary N) is 2. The zero-order valence-electron chi connectivity index (χ0n) is 12.2. The Labute approximate surface area is 138 Å². The van der Waals surface area contributed by atoms with Crippen molar-refractivity contribution in [3.63, 3.8) is 0 Å². The number of hydrogen-bond acceptors (Lipinski definition) is 3. The monoisotopic (exact) mass is 360 g/mol. The molecule has 1 amide bonds. The number of para-hydroxylation sites is 1. The molecule has 0 aliphatic rings. The van der Waals surface area contributed by atoms with E-state index < -0.39 is 0 Å². The van der Waals surface area contributed by atoms with Crippen molar-refractivity contribution in [2.45, 2.75) is 13.3 Å². The van der Waals surface area contributed by atoms with Crippen molar-refractivity contribution < 1.29 is 9.59 Å². The number of ketones is 1. The van der Waals surface area contributed by atoms with Gasteiger partial charge < -0.3 is 10.6 Å². The van der Waals surface area contributed by atoms with Crippen molar-refractivity contribution in [1.82, 2.24) is 0 Å². The van der Waals surface area contributed by atoms with E-state index in [9.17, 15) is 9.59 Å². The molecule has 2 aromatic carbocycles. The van der Waals surface area contributed by atoms with Gasteiger partial charge in [0.15, 0.2) is 5.78 Å². The molecule has 2 rings (SSSR count). The van der Waals surface area contributed by atoms with Crippen molar-refractivity contribution in [2.75, 3.05) is 17.2 Å². The molecular weight excluding hydrogens is 344 g/mol. The summed E-state index contributed by atoms with van der Waals surface area (Å²) in [6.45, 7) is 2.03. The molecule has 0 saturated heterocycles. The Hall–Kier alpha value is -2.14. The van der Waals surface area contributed by atoms with Crippen LogP contribution in [0.25, 0.3) is 0 Å². The average Bonchev–Trinajstić information content (AvgIpc) is 2.50. The number of hydrogen-bond donors (Lipinski definition) is 2. The van der Waals surface area contributed by atoms with E-state index in [0.29, 0.717) is 18.5 Å². The van der Waals surface area contributed by atoms with E-state index in [0.717, 1.165) is 15.8 Å². The molecule has 5 heteroatoms. The van der Waals surface area contributed by atoms with Gasteiger partial charge in [0, 0.05) is 28.7 Å². The third-order valence-corrected chi connectivity index (χ3v) is 3.79. The van der Waals surface area contributed by atoms with Crippen molar-refractivity contribution >= 4 is 39.0 Å². The molecule has 22 heavy (non-hydrogen) atoms. The van der Waals surface area contributed by atoms with Crippen LogP contribution in [-0.4, -0.2) is 18.2 Å². The van der Waals surface area contributed by atoms with Gasteiger partial charge >= 0.3 is 0 Å². The summed E-state index contributed by atoms with van der Waals surface area (Å²) in [7, 11) is 0. The predicted octanol–water partition coefficient (Wildman–Crippen LogP) is 4.09. The molecule has 0 heterocycles. The van der Waals surface area contributed by atoms with Gasteiger partial charge in [0.05, 0.1) is 5.69 Å². The lowest BCUT2D eigenvalue weighted by molar-refractivity contribution is -0.115. The van der Waals surface area contributed by atoms with Gasteiger partial charge in [-0.05, 0) is 47.1 Å². The largest absolute Gasteiger partial charge is 0.385 e. The molecule has 2 N–H and O–H groups in total. The highest BCUT2D eigenvalue weighted by Crippen LogP contribution is 2.21. The summed E-state index contributed by atoms with van der Waals surface area (Å²) in [5, 5.41) is 5.99. The van der Waals surface area contributed by atoms with Gasteiger partial charge in [-0.2, -0.15) is 0 Å². The molecule has 0 saturated carbocycles. The average molecular weight is 361 g/mol. The van der Waals surface area contributed by atoms with Crippen LogP contribution in [0.15, 0.2) is 53.0 Å². The van der Waals surface area contributed by atoms with Crippen LogP contribution in [0.2, 0.25) is 0 Å². The topological polar surface area (TPSA) is 58.2 Å². The third-order valence-electron chi connectivity index (χ3n) is 3.10. The Morgan fingerprint density at radius 3 is 2.59 bits per heavy atom. The van der Waals surface area contributed by atoms with E-state index in [1.54, 1.807) is 12.1 Å². The number of carbonyl (C=O) groups is 2. The second-order valence-corrected chi connectivity index (χ2v) is 5.70. The highest BCUT2D eigenvalue weighted by Gasteiger charge is 2.05. The molecule has 0 aromatic heterocycles. The number of halogens is 1. The Morgan fingerprint density at radius 1 is 1.09 bits per heavy atom. The molecule has 114 valence electrons. The summed E-state index contributed by atoms with van der Waals surface area (Å²) in [6, 6.07) is 14.7. The molecule has 2 aromatic rings. The maximum atomic E-state index is 11.9. The van der Waals surface area contributed by atoms with E-state index in [-0.39, 0.29) is 11.7 Å². The SMILES string of the molecule is CC(=O)c1cccc(NCCC(=O)Nc2ccccc2Br)c1. The minimum Gasteiger partial charge on any atom is -0.385 e. The molecule has 4 nitrogen and oxygen atoms in total. The number of Topliss-reactive ketones (excluding diaryl/α,β-unsaturated/α-hetero) is 1. The molecule has 0 radical (unpaired) electrons. The second kappa shape index (κ2) is 7.75. The fourth-order valence-corrected chi connectivity index (χ4v) is 2.33. The maximum Gasteiger partial charge on any atom is 0.226 e. The first-order valence-corrected chi connectivity index (χ1v) is 7.75. The lowest BCUT2D eigenvalue weighted by Crippen LogP contribution is -2.16. The van der Waals surface area contributed by atoms with Crippen LogP contribution in [0.4, 0.5) is 11.4 Å². The van der Waals surface area contributed by atoms with E-state index in [1.807, 2.05) is 36.4 Å². The second-order valence-electron chi connectivity index (χ2n) is 4.84. The van der Waals surface area contributed by atoms with Gasteiger partial charge in [0.2, 0.25) is 5.91 Å². The van der Waals surface area contributed by atoms with Crippen molar-refractivity contribution in [2.24, 2.45) is 0 Å². The lowest BCUT2D eigenvalue weighted by Gasteiger charge is -2.09. The zero-order valence-corrected chi connectivity index (χ0v) is 13.8. The number of anilines is 2. The molecule has 0 atom stereocenters. The first kappa shape index (κ1) is 16.2. The lowest BCUT2D eigenvalue weighted by atomic mass is 10.1. The quantitative estimate of drug-likeness (QED) is 0.762. The standard InChI is InChI=1S/C17H17BrN2O2/c1-12(21)13-5-4-6-14(11-13)19-10-9-17(22)20-16-8-3-2-7-15(16)18/h2-8,11,19H,9-10H2,1H3,(H,20,22).